The minimum Gasteiger partial charge on any atom is -0.460 e. The lowest BCUT2D eigenvalue weighted by Gasteiger charge is -2.12. The van der Waals surface area contributed by atoms with Gasteiger partial charge < -0.3 is 14.8 Å². The Morgan fingerprint density at radius 1 is 1.21 bits per heavy atom. The topological polar surface area (TPSA) is 125 Å². The molecule has 150 valence electrons. The normalized spacial score (nSPS) is 18.1. The summed E-state index contributed by atoms with van der Waals surface area (Å²) in [6.45, 7) is 1.69. The highest BCUT2D eigenvalue weighted by Crippen LogP contribution is 2.27. The molecule has 2 aromatic carbocycles. The van der Waals surface area contributed by atoms with Crippen LogP contribution >= 0.6 is 0 Å². The Hall–Kier alpha value is -3.75. The number of esters is 2. The quantitative estimate of drug-likeness (QED) is 0.341. The van der Waals surface area contributed by atoms with E-state index in [1.165, 1.54) is 31.3 Å². The van der Waals surface area contributed by atoms with Gasteiger partial charge in [-0.25, -0.2) is 9.59 Å². The van der Waals surface area contributed by atoms with E-state index < -0.39 is 28.7 Å². The summed E-state index contributed by atoms with van der Waals surface area (Å²) in [5.74, 6) is -2.05. The second-order valence-electron chi connectivity index (χ2n) is 6.49. The molecule has 0 unspecified atom stereocenters. The molecule has 0 aromatic heterocycles. The summed E-state index contributed by atoms with van der Waals surface area (Å²) in [7, 11) is 1.53. The zero-order chi connectivity index (χ0) is 21.1. The van der Waals surface area contributed by atoms with Crippen molar-refractivity contribution in [1.82, 2.24) is 0 Å². The molecule has 2 aromatic rings. The molecule has 0 saturated carbocycles. The molecule has 1 aliphatic rings. The summed E-state index contributed by atoms with van der Waals surface area (Å²) in [5, 5.41) is 13.9. The number of carbonyl (C=O) groups excluding carboxylic acids is 3. The zero-order valence-electron chi connectivity index (χ0n) is 15.7. The first-order chi connectivity index (χ1) is 13.8. The third-order valence-electron chi connectivity index (χ3n) is 4.49. The fourth-order valence-corrected chi connectivity index (χ4v) is 3.06. The maximum absolute atomic E-state index is 13.0. The molecule has 0 amide bonds. The standard InChI is InChI=1S/C20H18N2O7/c1-11-9-17(20(25)28-11)29-19(24)14-6-4-3-5-13(14)18(23)12-7-8-15(21-2)16(10-12)22(26)27/h3-8,10-11,17,21H,9H2,1-2H3/t11-,17-/m1/s1. The van der Waals surface area contributed by atoms with Gasteiger partial charge in [0.15, 0.2) is 5.78 Å². The van der Waals surface area contributed by atoms with Crippen LogP contribution in [0.15, 0.2) is 42.5 Å². The number of nitrogens with one attached hydrogen (secondary N) is 1. The van der Waals surface area contributed by atoms with E-state index in [-0.39, 0.29) is 40.6 Å². The average molecular weight is 398 g/mol. The van der Waals surface area contributed by atoms with Crippen LogP contribution in [0.5, 0.6) is 0 Å². The summed E-state index contributed by atoms with van der Waals surface area (Å²) in [4.78, 5) is 47.9. The lowest BCUT2D eigenvalue weighted by atomic mass is 9.97. The van der Waals surface area contributed by atoms with Crippen molar-refractivity contribution in [1.29, 1.82) is 0 Å². The Labute approximate surface area is 165 Å². The van der Waals surface area contributed by atoms with Gasteiger partial charge in [0, 0.05) is 30.7 Å². The number of hydrogen-bond donors (Lipinski definition) is 1. The van der Waals surface area contributed by atoms with Crippen molar-refractivity contribution < 1.29 is 28.8 Å². The van der Waals surface area contributed by atoms with Crippen LogP contribution in [-0.2, 0) is 14.3 Å². The molecule has 29 heavy (non-hydrogen) atoms. The van der Waals surface area contributed by atoms with Crippen LogP contribution in [0.3, 0.4) is 0 Å². The van der Waals surface area contributed by atoms with E-state index in [9.17, 15) is 24.5 Å². The first-order valence-electron chi connectivity index (χ1n) is 8.83. The van der Waals surface area contributed by atoms with Gasteiger partial charge in [0.25, 0.3) is 5.69 Å². The minimum atomic E-state index is -1.03. The van der Waals surface area contributed by atoms with Gasteiger partial charge in [0.2, 0.25) is 6.10 Å². The summed E-state index contributed by atoms with van der Waals surface area (Å²) in [6.07, 6.45) is -1.15. The number of rotatable bonds is 6. The molecule has 1 heterocycles. The van der Waals surface area contributed by atoms with Crippen molar-refractivity contribution in [2.75, 3.05) is 12.4 Å². The zero-order valence-corrected chi connectivity index (χ0v) is 15.7. The summed E-state index contributed by atoms with van der Waals surface area (Å²) >= 11 is 0. The Bertz CT molecular complexity index is 1000. The van der Waals surface area contributed by atoms with Crippen LogP contribution in [0, 0.1) is 10.1 Å². The van der Waals surface area contributed by atoms with E-state index in [1.54, 1.807) is 19.1 Å². The van der Waals surface area contributed by atoms with Crippen molar-refractivity contribution >= 4 is 29.1 Å². The molecular formula is C20H18N2O7. The second-order valence-corrected chi connectivity index (χ2v) is 6.49. The van der Waals surface area contributed by atoms with Crippen molar-refractivity contribution in [2.24, 2.45) is 0 Å². The third kappa shape index (κ3) is 4.08. The first-order valence-corrected chi connectivity index (χ1v) is 8.83. The van der Waals surface area contributed by atoms with Gasteiger partial charge in [-0.1, -0.05) is 18.2 Å². The molecule has 0 radical (unpaired) electrons. The molecular weight excluding hydrogens is 380 g/mol. The van der Waals surface area contributed by atoms with Crippen LogP contribution in [0.2, 0.25) is 0 Å². The van der Waals surface area contributed by atoms with E-state index in [0.717, 1.165) is 6.07 Å². The maximum atomic E-state index is 13.0. The smallest absolute Gasteiger partial charge is 0.347 e. The van der Waals surface area contributed by atoms with Crippen molar-refractivity contribution in [2.45, 2.75) is 25.6 Å². The number of ketones is 1. The lowest BCUT2D eigenvalue weighted by molar-refractivity contribution is -0.384. The monoisotopic (exact) mass is 398 g/mol. The van der Waals surface area contributed by atoms with E-state index in [4.69, 9.17) is 9.47 Å². The van der Waals surface area contributed by atoms with Gasteiger partial charge in [-0.2, -0.15) is 0 Å². The van der Waals surface area contributed by atoms with Crippen LogP contribution in [-0.4, -0.2) is 41.9 Å². The number of ether oxygens (including phenoxy) is 2. The Balaban J connectivity index is 1.91. The summed E-state index contributed by atoms with van der Waals surface area (Å²) < 4.78 is 10.2. The van der Waals surface area contributed by atoms with Crippen LogP contribution < -0.4 is 5.32 Å². The molecule has 0 aliphatic carbocycles. The Morgan fingerprint density at radius 2 is 1.90 bits per heavy atom. The van der Waals surface area contributed by atoms with Gasteiger partial charge in [-0.15, -0.1) is 0 Å². The molecule has 0 bridgehead atoms. The number of nitrogens with zero attached hydrogens (tertiary/aromatic N) is 1. The van der Waals surface area contributed by atoms with Crippen LogP contribution in [0.1, 0.15) is 39.6 Å². The highest BCUT2D eigenvalue weighted by molar-refractivity contribution is 6.15. The lowest BCUT2D eigenvalue weighted by Crippen LogP contribution is -2.24. The largest absolute Gasteiger partial charge is 0.460 e. The van der Waals surface area contributed by atoms with Crippen LogP contribution in [0.25, 0.3) is 0 Å². The highest BCUT2D eigenvalue weighted by Gasteiger charge is 2.36. The molecule has 9 nitrogen and oxygen atoms in total. The highest BCUT2D eigenvalue weighted by atomic mass is 16.6. The molecule has 1 N–H and O–H groups in total. The summed E-state index contributed by atoms with van der Waals surface area (Å²) in [5.41, 5.74) is 0.0210. The third-order valence-corrected chi connectivity index (χ3v) is 4.49. The number of anilines is 1. The number of hydrogen-bond acceptors (Lipinski definition) is 8. The fraction of sp³-hybridized carbons (Fsp3) is 0.250. The summed E-state index contributed by atoms with van der Waals surface area (Å²) in [6, 6.07) is 9.93. The molecule has 1 fully saturated rings. The molecule has 3 rings (SSSR count). The molecule has 0 spiro atoms. The van der Waals surface area contributed by atoms with E-state index >= 15 is 0 Å². The Morgan fingerprint density at radius 3 is 2.48 bits per heavy atom. The molecule has 2 atom stereocenters. The van der Waals surface area contributed by atoms with Gasteiger partial charge >= 0.3 is 11.9 Å². The number of carbonyl (C=O) groups is 3. The average Bonchev–Trinajstić information content (AvgIpc) is 3.03. The van der Waals surface area contributed by atoms with Crippen molar-refractivity contribution in [3.63, 3.8) is 0 Å². The van der Waals surface area contributed by atoms with Gasteiger partial charge in [-0.3, -0.25) is 14.9 Å². The number of nitro groups is 1. The SMILES string of the molecule is CNc1ccc(C(=O)c2ccccc2C(=O)O[C@@H]2C[C@@H](C)OC2=O)cc1[N+](=O)[O-]. The van der Waals surface area contributed by atoms with Gasteiger partial charge in [0.05, 0.1) is 10.5 Å². The predicted octanol–water partition coefficient (Wildman–Crippen LogP) is 2.73. The molecule has 1 saturated heterocycles. The van der Waals surface area contributed by atoms with Gasteiger partial charge in [-0.05, 0) is 25.1 Å². The molecule has 1 aliphatic heterocycles. The Kier molecular flexibility index (Phi) is 5.58. The molecule has 9 heteroatoms. The number of nitro benzene ring substituents is 1. The second kappa shape index (κ2) is 8.09. The van der Waals surface area contributed by atoms with Crippen molar-refractivity contribution in [3.05, 3.63) is 69.3 Å². The maximum Gasteiger partial charge on any atom is 0.347 e. The van der Waals surface area contributed by atoms with E-state index in [0.29, 0.717) is 0 Å². The van der Waals surface area contributed by atoms with Crippen molar-refractivity contribution in [3.8, 4) is 0 Å². The van der Waals surface area contributed by atoms with Crippen LogP contribution in [0.4, 0.5) is 11.4 Å². The minimum absolute atomic E-state index is 0.0171. The predicted molar refractivity (Wildman–Crippen MR) is 102 cm³/mol. The number of benzene rings is 2. The number of cyclic esters (lactones) is 1. The fourth-order valence-electron chi connectivity index (χ4n) is 3.06. The van der Waals surface area contributed by atoms with Gasteiger partial charge in [0.1, 0.15) is 11.8 Å². The van der Waals surface area contributed by atoms with E-state index in [2.05, 4.69) is 5.32 Å². The van der Waals surface area contributed by atoms with E-state index in [1.807, 2.05) is 0 Å². The first kappa shape index (κ1) is 20.0.